The van der Waals surface area contributed by atoms with E-state index in [0.29, 0.717) is 16.9 Å². The lowest BCUT2D eigenvalue weighted by Gasteiger charge is -2.28. The van der Waals surface area contributed by atoms with Crippen molar-refractivity contribution in [3.8, 4) is 5.75 Å². The molecule has 10 heteroatoms. The predicted octanol–water partition coefficient (Wildman–Crippen LogP) is 2.81. The summed E-state index contributed by atoms with van der Waals surface area (Å²) in [7, 11) is -3.88. The van der Waals surface area contributed by atoms with Gasteiger partial charge in [0.1, 0.15) is 12.4 Å². The highest BCUT2D eigenvalue weighted by atomic mass is 32.2. The van der Waals surface area contributed by atoms with Crippen LogP contribution in [0.5, 0.6) is 5.75 Å². The smallest absolute Gasteiger partial charge is 0.344 e. The third-order valence-corrected chi connectivity index (χ3v) is 6.03. The number of aromatic nitrogens is 1. The minimum atomic E-state index is -3.88. The van der Waals surface area contributed by atoms with Crippen molar-refractivity contribution in [2.75, 3.05) is 11.3 Å². The van der Waals surface area contributed by atoms with Crippen LogP contribution in [0.1, 0.15) is 41.0 Å². The first-order valence-electron chi connectivity index (χ1n) is 10.3. The lowest BCUT2D eigenvalue weighted by atomic mass is 10.0. The Labute approximate surface area is 192 Å². The molecular formula is C23H25N5O4S. The van der Waals surface area contributed by atoms with Crippen LogP contribution in [0.25, 0.3) is 10.9 Å². The maximum atomic E-state index is 13.2. The van der Waals surface area contributed by atoms with Crippen LogP contribution in [0.3, 0.4) is 0 Å². The van der Waals surface area contributed by atoms with Gasteiger partial charge in [-0.1, -0.05) is 17.7 Å². The SMILES string of the molecule is Cc1ccc2nc(C)cc(C(=O)NC(C)(C)COc3cccc4c3C(N)=NS(=O)(=O)N4)c2c1. The van der Waals surface area contributed by atoms with Crippen LogP contribution in [-0.2, 0) is 10.2 Å². The Morgan fingerprint density at radius 1 is 1.18 bits per heavy atom. The van der Waals surface area contributed by atoms with Crippen LogP contribution < -0.4 is 20.5 Å². The van der Waals surface area contributed by atoms with Crippen molar-refractivity contribution in [2.24, 2.45) is 10.1 Å². The Morgan fingerprint density at radius 2 is 1.94 bits per heavy atom. The number of amides is 1. The first-order valence-corrected chi connectivity index (χ1v) is 11.7. The summed E-state index contributed by atoms with van der Waals surface area (Å²) >= 11 is 0. The maximum absolute atomic E-state index is 13.2. The molecule has 0 saturated heterocycles. The highest BCUT2D eigenvalue weighted by molar-refractivity contribution is 7.91. The standard InChI is InChI=1S/C23H25N5O4S/c1-13-8-9-17-15(10-13)16(11-14(2)25-17)22(29)26-23(3,4)12-32-19-7-5-6-18-20(19)21(24)28-33(30,31)27-18/h5-11,27H,12H2,1-4H3,(H2,24,28)(H,26,29). The van der Waals surface area contributed by atoms with Crippen molar-refractivity contribution < 1.29 is 17.9 Å². The molecule has 3 aromatic rings. The topological polar surface area (TPSA) is 136 Å². The zero-order valence-electron chi connectivity index (χ0n) is 18.8. The Bertz CT molecular complexity index is 1410. The Morgan fingerprint density at radius 3 is 2.70 bits per heavy atom. The van der Waals surface area contributed by atoms with Crippen LogP contribution in [0.4, 0.5) is 5.69 Å². The summed E-state index contributed by atoms with van der Waals surface area (Å²) in [5, 5.41) is 3.80. The fraction of sp³-hybridized carbons (Fsp3) is 0.261. The molecule has 0 radical (unpaired) electrons. The minimum Gasteiger partial charge on any atom is -0.490 e. The van der Waals surface area contributed by atoms with Crippen LogP contribution in [0.15, 0.2) is 46.9 Å². The number of nitrogens with two attached hydrogens (primary N) is 1. The number of hydrogen-bond donors (Lipinski definition) is 3. The molecule has 4 N–H and O–H groups in total. The van der Waals surface area contributed by atoms with Crippen LogP contribution in [0.2, 0.25) is 0 Å². The largest absolute Gasteiger partial charge is 0.490 e. The van der Waals surface area contributed by atoms with E-state index in [0.717, 1.165) is 22.2 Å². The van der Waals surface area contributed by atoms with Gasteiger partial charge in [0.2, 0.25) is 0 Å². The number of carbonyl (C=O) groups excluding carboxylic acids is 1. The van der Waals surface area contributed by atoms with Gasteiger partial charge in [-0.15, -0.1) is 4.40 Å². The summed E-state index contributed by atoms with van der Waals surface area (Å²) in [4.78, 5) is 17.7. The lowest BCUT2D eigenvalue weighted by Crippen LogP contribution is -2.48. The van der Waals surface area contributed by atoms with Gasteiger partial charge in [-0.05, 0) is 58.0 Å². The van der Waals surface area contributed by atoms with Crippen LogP contribution >= 0.6 is 0 Å². The van der Waals surface area contributed by atoms with Gasteiger partial charge in [-0.2, -0.15) is 8.42 Å². The summed E-state index contributed by atoms with van der Waals surface area (Å²) in [5.41, 5.74) is 8.85. The number of amidine groups is 1. The van der Waals surface area contributed by atoms with E-state index in [2.05, 4.69) is 19.4 Å². The van der Waals surface area contributed by atoms with E-state index in [4.69, 9.17) is 10.5 Å². The predicted molar refractivity (Wildman–Crippen MR) is 128 cm³/mol. The second kappa shape index (κ2) is 8.04. The molecule has 1 aromatic heterocycles. The van der Waals surface area contributed by atoms with E-state index in [-0.39, 0.29) is 24.0 Å². The van der Waals surface area contributed by atoms with E-state index in [1.165, 1.54) is 0 Å². The van der Waals surface area contributed by atoms with Gasteiger partial charge in [-0.3, -0.25) is 14.5 Å². The Balaban J connectivity index is 1.56. The van der Waals surface area contributed by atoms with Gasteiger partial charge in [0.25, 0.3) is 5.91 Å². The second-order valence-corrected chi connectivity index (χ2v) is 10.0. The molecule has 0 spiro atoms. The Hall–Kier alpha value is -3.66. The highest BCUT2D eigenvalue weighted by Gasteiger charge is 2.27. The Kier molecular flexibility index (Phi) is 5.49. The van der Waals surface area contributed by atoms with Crippen molar-refractivity contribution in [3.05, 3.63) is 64.8 Å². The van der Waals surface area contributed by atoms with Gasteiger partial charge in [0.05, 0.1) is 27.9 Å². The molecule has 0 saturated carbocycles. The van der Waals surface area contributed by atoms with Gasteiger partial charge < -0.3 is 15.8 Å². The molecule has 1 aliphatic rings. The summed E-state index contributed by atoms with van der Waals surface area (Å²) < 4.78 is 35.3. The van der Waals surface area contributed by atoms with E-state index >= 15 is 0 Å². The quantitative estimate of drug-likeness (QED) is 0.528. The van der Waals surface area contributed by atoms with E-state index in [1.807, 2.05) is 45.9 Å². The van der Waals surface area contributed by atoms with Gasteiger partial charge in [0.15, 0.2) is 5.84 Å². The lowest BCUT2D eigenvalue weighted by molar-refractivity contribution is 0.0882. The monoisotopic (exact) mass is 467 g/mol. The number of benzene rings is 2. The third-order valence-electron chi connectivity index (χ3n) is 5.12. The molecule has 1 amide bonds. The number of nitrogens with one attached hydrogen (secondary N) is 2. The second-order valence-electron chi connectivity index (χ2n) is 8.69. The van der Waals surface area contributed by atoms with Crippen molar-refractivity contribution in [1.29, 1.82) is 0 Å². The van der Waals surface area contributed by atoms with E-state index in [1.54, 1.807) is 24.3 Å². The summed E-state index contributed by atoms with van der Waals surface area (Å²) in [5.74, 6) is -0.0387. The van der Waals surface area contributed by atoms with Crippen molar-refractivity contribution in [1.82, 2.24) is 10.3 Å². The van der Waals surface area contributed by atoms with Crippen LogP contribution in [0, 0.1) is 13.8 Å². The number of anilines is 1. The molecule has 4 rings (SSSR count). The summed E-state index contributed by atoms with van der Waals surface area (Å²) in [6.45, 7) is 7.59. The van der Waals surface area contributed by atoms with Gasteiger partial charge >= 0.3 is 10.2 Å². The average Bonchev–Trinajstić information content (AvgIpc) is 2.70. The molecule has 0 aliphatic carbocycles. The van der Waals surface area contributed by atoms with Gasteiger partial charge in [0, 0.05) is 11.1 Å². The molecule has 0 unspecified atom stereocenters. The molecule has 0 bridgehead atoms. The van der Waals surface area contributed by atoms with Crippen LogP contribution in [-0.4, -0.2) is 37.3 Å². The molecule has 2 aromatic carbocycles. The number of hydrogen-bond acceptors (Lipinski definition) is 6. The van der Waals surface area contributed by atoms with E-state index < -0.39 is 15.7 Å². The summed E-state index contributed by atoms with van der Waals surface area (Å²) in [6, 6.07) is 12.5. The highest BCUT2D eigenvalue weighted by Crippen LogP contribution is 2.31. The van der Waals surface area contributed by atoms with Crippen molar-refractivity contribution >= 4 is 38.5 Å². The molecular weight excluding hydrogens is 442 g/mol. The van der Waals surface area contributed by atoms with Gasteiger partial charge in [-0.25, -0.2) is 0 Å². The normalized spacial score (nSPS) is 14.7. The fourth-order valence-electron chi connectivity index (χ4n) is 3.67. The number of nitrogens with zero attached hydrogens (tertiary/aromatic N) is 2. The zero-order chi connectivity index (χ0) is 24.0. The molecule has 2 heterocycles. The third kappa shape index (κ3) is 4.75. The van der Waals surface area contributed by atoms with Crippen molar-refractivity contribution in [3.63, 3.8) is 0 Å². The first-order chi connectivity index (χ1) is 15.4. The zero-order valence-corrected chi connectivity index (χ0v) is 19.6. The number of aryl methyl sites for hydroxylation is 2. The average molecular weight is 468 g/mol. The first kappa shape index (κ1) is 22.5. The molecule has 33 heavy (non-hydrogen) atoms. The number of pyridine rings is 1. The number of ether oxygens (including phenoxy) is 1. The van der Waals surface area contributed by atoms with Crippen molar-refractivity contribution in [2.45, 2.75) is 33.2 Å². The summed E-state index contributed by atoms with van der Waals surface area (Å²) in [6.07, 6.45) is 0. The molecule has 172 valence electrons. The number of carbonyl (C=O) groups is 1. The molecule has 0 atom stereocenters. The number of fused-ring (bicyclic) bond motifs is 2. The molecule has 0 fully saturated rings. The minimum absolute atomic E-state index is 0.107. The molecule has 9 nitrogen and oxygen atoms in total. The fourth-order valence-corrected chi connectivity index (χ4v) is 4.51. The van der Waals surface area contributed by atoms with E-state index in [9.17, 15) is 13.2 Å². The maximum Gasteiger partial charge on any atom is 0.344 e. The molecule has 1 aliphatic heterocycles. The number of rotatable bonds is 5.